The standard InChI is InChI=1S/C13H13F2N3O2S/c1-18-9(6-19)5-16-13(18)21-7-12(20)17-8-2-3-10(14)11(15)4-8/h2-5,19H,6-7H2,1H3,(H,17,20). The lowest BCUT2D eigenvalue weighted by molar-refractivity contribution is -0.113. The Bertz CT molecular complexity index is 661. The molecule has 2 aromatic rings. The molecule has 5 nitrogen and oxygen atoms in total. The van der Waals surface area contributed by atoms with Gasteiger partial charge in [-0.3, -0.25) is 4.79 Å². The second-order valence-electron chi connectivity index (χ2n) is 4.21. The molecule has 2 N–H and O–H groups in total. The van der Waals surface area contributed by atoms with Crippen molar-refractivity contribution in [3.05, 3.63) is 41.7 Å². The Morgan fingerprint density at radius 1 is 1.43 bits per heavy atom. The van der Waals surface area contributed by atoms with Crippen LogP contribution >= 0.6 is 11.8 Å². The molecule has 0 bridgehead atoms. The number of amides is 1. The van der Waals surface area contributed by atoms with Crippen LogP contribution in [0.3, 0.4) is 0 Å². The number of aliphatic hydroxyl groups excluding tert-OH is 1. The van der Waals surface area contributed by atoms with E-state index in [0.717, 1.165) is 12.1 Å². The maximum Gasteiger partial charge on any atom is 0.234 e. The number of rotatable bonds is 5. The lowest BCUT2D eigenvalue weighted by Crippen LogP contribution is -2.14. The van der Waals surface area contributed by atoms with E-state index >= 15 is 0 Å². The van der Waals surface area contributed by atoms with Crippen LogP contribution in [-0.2, 0) is 18.4 Å². The van der Waals surface area contributed by atoms with Crippen LogP contribution in [0.5, 0.6) is 0 Å². The first-order valence-corrected chi connectivity index (χ1v) is 6.99. The van der Waals surface area contributed by atoms with Crippen molar-refractivity contribution in [3.63, 3.8) is 0 Å². The van der Waals surface area contributed by atoms with E-state index < -0.39 is 11.6 Å². The van der Waals surface area contributed by atoms with Crippen molar-refractivity contribution in [3.8, 4) is 0 Å². The van der Waals surface area contributed by atoms with Crippen LogP contribution in [0.15, 0.2) is 29.6 Å². The third kappa shape index (κ3) is 3.79. The summed E-state index contributed by atoms with van der Waals surface area (Å²) in [4.78, 5) is 15.8. The van der Waals surface area contributed by atoms with E-state index in [1.165, 1.54) is 24.0 Å². The summed E-state index contributed by atoms with van der Waals surface area (Å²) in [5.41, 5.74) is 0.828. The summed E-state index contributed by atoms with van der Waals surface area (Å²) in [6.45, 7) is -0.134. The van der Waals surface area contributed by atoms with E-state index in [4.69, 9.17) is 5.11 Å². The number of hydrogen-bond acceptors (Lipinski definition) is 4. The molecule has 0 spiro atoms. The fourth-order valence-electron chi connectivity index (χ4n) is 1.61. The molecule has 1 amide bonds. The Kier molecular flexibility index (Phi) is 4.92. The summed E-state index contributed by atoms with van der Waals surface area (Å²) in [5.74, 6) is -2.28. The van der Waals surface area contributed by atoms with Gasteiger partial charge < -0.3 is 15.0 Å². The van der Waals surface area contributed by atoms with Crippen LogP contribution in [0, 0.1) is 11.6 Å². The van der Waals surface area contributed by atoms with E-state index in [9.17, 15) is 13.6 Å². The van der Waals surface area contributed by atoms with Crippen molar-refractivity contribution >= 4 is 23.4 Å². The minimum absolute atomic E-state index is 0.0642. The first-order valence-electron chi connectivity index (χ1n) is 6.00. The number of thioether (sulfide) groups is 1. The highest BCUT2D eigenvalue weighted by Gasteiger charge is 2.10. The van der Waals surface area contributed by atoms with Crippen molar-refractivity contribution in [2.24, 2.45) is 7.05 Å². The van der Waals surface area contributed by atoms with E-state index in [1.807, 2.05) is 0 Å². The third-order valence-electron chi connectivity index (χ3n) is 2.74. The Hall–Kier alpha value is -1.93. The topological polar surface area (TPSA) is 67.1 Å². The van der Waals surface area contributed by atoms with Crippen molar-refractivity contribution in [2.75, 3.05) is 11.1 Å². The van der Waals surface area contributed by atoms with Crippen LogP contribution < -0.4 is 5.32 Å². The zero-order valence-corrected chi connectivity index (χ0v) is 12.0. The fraction of sp³-hybridized carbons (Fsp3) is 0.231. The van der Waals surface area contributed by atoms with Gasteiger partial charge >= 0.3 is 0 Å². The Balaban J connectivity index is 1.92. The SMILES string of the molecule is Cn1c(CO)cnc1SCC(=O)Nc1ccc(F)c(F)c1. The number of nitrogens with zero attached hydrogens (tertiary/aromatic N) is 2. The second-order valence-corrected chi connectivity index (χ2v) is 5.16. The number of halogens is 2. The van der Waals surface area contributed by atoms with Gasteiger partial charge in [-0.05, 0) is 12.1 Å². The third-order valence-corrected chi connectivity index (χ3v) is 3.78. The van der Waals surface area contributed by atoms with Gasteiger partial charge in [0.2, 0.25) is 5.91 Å². The molecule has 1 aromatic carbocycles. The largest absolute Gasteiger partial charge is 0.390 e. The van der Waals surface area contributed by atoms with Crippen LogP contribution in [0.25, 0.3) is 0 Å². The number of imidazole rings is 1. The Morgan fingerprint density at radius 3 is 2.81 bits per heavy atom. The lowest BCUT2D eigenvalue weighted by Gasteiger charge is -2.06. The Labute approximate surface area is 124 Å². The minimum Gasteiger partial charge on any atom is -0.390 e. The van der Waals surface area contributed by atoms with Gasteiger partial charge in [0.05, 0.1) is 24.3 Å². The molecule has 1 heterocycles. The summed E-state index contributed by atoms with van der Waals surface area (Å²) in [6, 6.07) is 3.15. The molecule has 8 heteroatoms. The number of anilines is 1. The van der Waals surface area contributed by atoms with E-state index in [0.29, 0.717) is 10.9 Å². The van der Waals surface area contributed by atoms with Crippen LogP contribution in [-0.4, -0.2) is 26.3 Å². The second kappa shape index (κ2) is 6.68. The molecule has 0 unspecified atom stereocenters. The number of benzene rings is 1. The molecule has 2 rings (SSSR count). The lowest BCUT2D eigenvalue weighted by atomic mass is 10.3. The predicted molar refractivity (Wildman–Crippen MR) is 74.8 cm³/mol. The Morgan fingerprint density at radius 2 is 2.19 bits per heavy atom. The number of hydrogen-bond donors (Lipinski definition) is 2. The van der Waals surface area contributed by atoms with Crippen molar-refractivity contribution in [1.82, 2.24) is 9.55 Å². The summed E-state index contributed by atoms with van der Waals surface area (Å²) in [7, 11) is 1.73. The zero-order chi connectivity index (χ0) is 15.4. The fourth-order valence-corrected chi connectivity index (χ4v) is 2.38. The minimum atomic E-state index is -1.02. The van der Waals surface area contributed by atoms with Gasteiger partial charge in [-0.25, -0.2) is 13.8 Å². The summed E-state index contributed by atoms with van der Waals surface area (Å²) < 4.78 is 27.4. The molecule has 21 heavy (non-hydrogen) atoms. The predicted octanol–water partition coefficient (Wildman–Crippen LogP) is 1.92. The van der Waals surface area contributed by atoms with Gasteiger partial charge in [0.25, 0.3) is 0 Å². The van der Waals surface area contributed by atoms with E-state index in [-0.39, 0.29) is 24.0 Å². The summed E-state index contributed by atoms with van der Waals surface area (Å²) in [5, 5.41) is 12.1. The molecule has 0 atom stereocenters. The van der Waals surface area contributed by atoms with Gasteiger partial charge in [0, 0.05) is 18.8 Å². The highest BCUT2D eigenvalue weighted by Crippen LogP contribution is 2.18. The first-order chi connectivity index (χ1) is 10.0. The quantitative estimate of drug-likeness (QED) is 0.828. The zero-order valence-electron chi connectivity index (χ0n) is 11.1. The number of carbonyl (C=O) groups excluding carboxylic acids is 1. The van der Waals surface area contributed by atoms with Gasteiger partial charge in [0.15, 0.2) is 16.8 Å². The molecule has 0 radical (unpaired) electrons. The molecule has 0 aliphatic rings. The van der Waals surface area contributed by atoms with Gasteiger partial charge in [0.1, 0.15) is 0 Å². The van der Waals surface area contributed by atoms with Crippen LogP contribution in [0.4, 0.5) is 14.5 Å². The molecule has 112 valence electrons. The molecule has 0 aliphatic carbocycles. The molecule has 0 saturated carbocycles. The number of aromatic nitrogens is 2. The van der Waals surface area contributed by atoms with Crippen molar-refractivity contribution in [2.45, 2.75) is 11.8 Å². The molecule has 1 aromatic heterocycles. The average molecular weight is 313 g/mol. The number of carbonyl (C=O) groups is 1. The monoisotopic (exact) mass is 313 g/mol. The molecule has 0 saturated heterocycles. The number of aliphatic hydroxyl groups is 1. The number of nitrogens with one attached hydrogen (secondary N) is 1. The molecular weight excluding hydrogens is 300 g/mol. The maximum absolute atomic E-state index is 13.0. The average Bonchev–Trinajstić information content (AvgIpc) is 2.81. The summed E-state index contributed by atoms with van der Waals surface area (Å²) in [6.07, 6.45) is 1.52. The van der Waals surface area contributed by atoms with Gasteiger partial charge in [-0.15, -0.1) is 0 Å². The maximum atomic E-state index is 13.0. The van der Waals surface area contributed by atoms with Crippen LogP contribution in [0.1, 0.15) is 5.69 Å². The van der Waals surface area contributed by atoms with Gasteiger partial charge in [-0.1, -0.05) is 11.8 Å². The highest BCUT2D eigenvalue weighted by molar-refractivity contribution is 7.99. The van der Waals surface area contributed by atoms with Crippen molar-refractivity contribution in [1.29, 1.82) is 0 Å². The summed E-state index contributed by atoms with van der Waals surface area (Å²) >= 11 is 1.18. The van der Waals surface area contributed by atoms with E-state index in [2.05, 4.69) is 10.3 Å². The van der Waals surface area contributed by atoms with E-state index in [1.54, 1.807) is 11.6 Å². The molecule has 0 aliphatic heterocycles. The highest BCUT2D eigenvalue weighted by atomic mass is 32.2. The van der Waals surface area contributed by atoms with Crippen LogP contribution in [0.2, 0.25) is 0 Å². The first kappa shape index (κ1) is 15.5. The normalized spacial score (nSPS) is 10.7. The molecule has 0 fully saturated rings. The molecular formula is C13H13F2N3O2S. The van der Waals surface area contributed by atoms with Gasteiger partial charge in [-0.2, -0.15) is 0 Å². The smallest absolute Gasteiger partial charge is 0.234 e. The van der Waals surface area contributed by atoms with Crippen molar-refractivity contribution < 1.29 is 18.7 Å².